The summed E-state index contributed by atoms with van der Waals surface area (Å²) in [5.41, 5.74) is 7.52. The lowest BCUT2D eigenvalue weighted by atomic mass is 9.95. The normalized spacial score (nSPS) is 14.1. The topological polar surface area (TPSA) is 84.2 Å². The maximum atomic E-state index is 14.1. The molecule has 1 N–H and O–H groups in total. The molecule has 4 aromatic carbocycles. The zero-order chi connectivity index (χ0) is 35.2. The second kappa shape index (κ2) is 15.6. The summed E-state index contributed by atoms with van der Waals surface area (Å²) in [4.78, 5) is 30.1. The number of carbonyl (C=O) groups is 2. The van der Waals surface area contributed by atoms with Crippen LogP contribution >= 0.6 is 0 Å². The number of aromatic nitrogens is 1. The van der Waals surface area contributed by atoms with Crippen LogP contribution in [0.2, 0.25) is 0 Å². The summed E-state index contributed by atoms with van der Waals surface area (Å²) < 4.78 is 14.4. The molecule has 1 aromatic heterocycles. The predicted molar refractivity (Wildman–Crippen MR) is 199 cm³/mol. The number of hydrogen-bond donors (Lipinski definition) is 1. The molecule has 1 unspecified atom stereocenters. The van der Waals surface area contributed by atoms with Crippen molar-refractivity contribution in [1.82, 2.24) is 9.47 Å². The van der Waals surface area contributed by atoms with E-state index in [2.05, 4.69) is 53.1 Å². The van der Waals surface area contributed by atoms with E-state index in [0.29, 0.717) is 24.1 Å². The number of rotatable bonds is 14. The van der Waals surface area contributed by atoms with E-state index in [0.717, 1.165) is 83.9 Å². The monoisotopic (exact) mass is 673 g/mol. The van der Waals surface area contributed by atoms with Crippen LogP contribution in [-0.2, 0) is 11.3 Å². The van der Waals surface area contributed by atoms with Crippen LogP contribution in [-0.4, -0.2) is 66.2 Å². The third kappa shape index (κ3) is 7.71. The first-order valence-electron chi connectivity index (χ1n) is 17.5. The Bertz CT molecular complexity index is 1960. The number of nitrogens with zero attached hydrogens (tertiary/aromatic N) is 3. The predicted octanol–water partition coefficient (Wildman–Crippen LogP) is 8.00. The minimum absolute atomic E-state index is 0.0484. The number of fused-ring (bicyclic) bond motifs is 1. The second-order valence-corrected chi connectivity index (χ2v) is 13.2. The molecule has 6 rings (SSSR count). The molecule has 1 aliphatic heterocycles. The Balaban J connectivity index is 1.18. The van der Waals surface area contributed by atoms with E-state index < -0.39 is 5.97 Å². The summed E-state index contributed by atoms with van der Waals surface area (Å²) in [6.45, 7) is 11.3. The number of methoxy groups -OCH3 is 1. The Morgan fingerprint density at radius 3 is 2.24 bits per heavy atom. The molecule has 260 valence electrons. The standard InChI is InChI=1S/C42H47N3O5/c1-29-15-17-32(18-16-29)39(21-23-43-24-26-44(27-25-43)37-12-7-8-13-40(37)49-4)50-38-20-19-33(30(2)31(38)3)42(48)35-28-45(22-9-14-41(46)47)36-11-6-5-10-34(35)36/h5-8,10-13,15-20,28,39H,9,14,21-27H2,1-4H3,(H,46,47). The van der Waals surface area contributed by atoms with E-state index in [9.17, 15) is 9.59 Å². The lowest BCUT2D eigenvalue weighted by Crippen LogP contribution is -2.47. The molecule has 0 bridgehead atoms. The second-order valence-electron chi connectivity index (χ2n) is 13.2. The van der Waals surface area contributed by atoms with Crippen molar-refractivity contribution in [2.24, 2.45) is 0 Å². The fraction of sp³-hybridized carbons (Fsp3) is 0.333. The van der Waals surface area contributed by atoms with Gasteiger partial charge in [-0.3, -0.25) is 14.5 Å². The van der Waals surface area contributed by atoms with E-state index in [-0.39, 0.29) is 18.3 Å². The number of aryl methyl sites for hydroxylation is 2. The molecular formula is C42H47N3O5. The van der Waals surface area contributed by atoms with Gasteiger partial charge in [-0.25, -0.2) is 0 Å². The van der Waals surface area contributed by atoms with E-state index in [4.69, 9.17) is 14.6 Å². The summed E-state index contributed by atoms with van der Waals surface area (Å²) >= 11 is 0. The third-order valence-electron chi connectivity index (χ3n) is 10.0. The first kappa shape index (κ1) is 34.8. The first-order chi connectivity index (χ1) is 24.2. The van der Waals surface area contributed by atoms with E-state index in [1.54, 1.807) is 7.11 Å². The highest BCUT2D eigenvalue weighted by molar-refractivity contribution is 6.17. The number of ether oxygens (including phenoxy) is 2. The molecule has 1 saturated heterocycles. The van der Waals surface area contributed by atoms with Crippen molar-refractivity contribution < 1.29 is 24.2 Å². The van der Waals surface area contributed by atoms with Gasteiger partial charge in [0.15, 0.2) is 5.78 Å². The molecule has 0 radical (unpaired) electrons. The van der Waals surface area contributed by atoms with Crippen LogP contribution in [0.3, 0.4) is 0 Å². The number of piperazine rings is 1. The van der Waals surface area contributed by atoms with Gasteiger partial charge in [0.2, 0.25) is 0 Å². The maximum Gasteiger partial charge on any atom is 0.303 e. The van der Waals surface area contributed by atoms with Gasteiger partial charge in [0.1, 0.15) is 17.6 Å². The molecule has 0 saturated carbocycles. The molecule has 8 nitrogen and oxygen atoms in total. The van der Waals surface area contributed by atoms with Crippen LogP contribution in [0.25, 0.3) is 10.9 Å². The maximum absolute atomic E-state index is 14.1. The number of benzene rings is 4. The van der Waals surface area contributed by atoms with Gasteiger partial charge in [0.05, 0.1) is 12.8 Å². The van der Waals surface area contributed by atoms with Gasteiger partial charge < -0.3 is 24.0 Å². The Labute approximate surface area is 294 Å². The Morgan fingerprint density at radius 1 is 0.780 bits per heavy atom. The number of carboxylic acids is 1. The van der Waals surface area contributed by atoms with E-state index >= 15 is 0 Å². The Kier molecular flexibility index (Phi) is 10.9. The zero-order valence-electron chi connectivity index (χ0n) is 29.5. The number of ketones is 1. The molecule has 1 aliphatic rings. The molecule has 0 amide bonds. The van der Waals surface area contributed by atoms with Crippen molar-refractivity contribution in [3.63, 3.8) is 0 Å². The molecular weight excluding hydrogens is 626 g/mol. The summed E-state index contributed by atoms with van der Waals surface area (Å²) in [6.07, 6.45) is 3.13. The van der Waals surface area contributed by atoms with Crippen LogP contribution in [0.5, 0.6) is 11.5 Å². The average Bonchev–Trinajstić information content (AvgIpc) is 3.50. The molecule has 0 aliphatic carbocycles. The van der Waals surface area contributed by atoms with Crippen LogP contribution in [0.1, 0.15) is 63.5 Å². The molecule has 0 spiro atoms. The lowest BCUT2D eigenvalue weighted by molar-refractivity contribution is -0.137. The van der Waals surface area contributed by atoms with Crippen molar-refractivity contribution >= 4 is 28.3 Å². The third-order valence-corrected chi connectivity index (χ3v) is 10.0. The molecule has 1 fully saturated rings. The fourth-order valence-electron chi connectivity index (χ4n) is 6.96. The summed E-state index contributed by atoms with van der Waals surface area (Å²) in [7, 11) is 1.73. The van der Waals surface area contributed by atoms with Gasteiger partial charge in [0.25, 0.3) is 0 Å². The average molecular weight is 674 g/mol. The number of aliphatic carboxylic acids is 1. The van der Waals surface area contributed by atoms with E-state index in [1.807, 2.05) is 73.1 Å². The SMILES string of the molecule is COc1ccccc1N1CCN(CCC(Oc2ccc(C(=O)c3cn(CCCC(=O)O)c4ccccc34)c(C)c2C)c2ccc(C)cc2)CC1. The summed E-state index contributed by atoms with van der Waals surface area (Å²) in [5.74, 6) is 0.820. The van der Waals surface area contributed by atoms with Gasteiger partial charge in [-0.15, -0.1) is 0 Å². The minimum Gasteiger partial charge on any atom is -0.495 e. The number of hydrogen-bond acceptors (Lipinski definition) is 6. The van der Waals surface area contributed by atoms with Crippen LogP contribution in [0.15, 0.2) is 91.1 Å². The van der Waals surface area contributed by atoms with Crippen molar-refractivity contribution in [2.45, 2.75) is 52.7 Å². The van der Waals surface area contributed by atoms with Crippen molar-refractivity contribution in [3.05, 3.63) is 125 Å². The molecule has 5 aromatic rings. The molecule has 2 heterocycles. The minimum atomic E-state index is -0.821. The lowest BCUT2D eigenvalue weighted by Gasteiger charge is -2.37. The highest BCUT2D eigenvalue weighted by Crippen LogP contribution is 2.34. The number of carbonyl (C=O) groups excluding carboxylic acids is 1. The largest absolute Gasteiger partial charge is 0.495 e. The molecule has 8 heteroatoms. The highest BCUT2D eigenvalue weighted by atomic mass is 16.5. The Hall–Kier alpha value is -5.08. The smallest absolute Gasteiger partial charge is 0.303 e. The number of anilines is 1. The zero-order valence-corrected chi connectivity index (χ0v) is 29.5. The van der Waals surface area contributed by atoms with Gasteiger partial charge in [-0.05, 0) is 74.2 Å². The van der Waals surface area contributed by atoms with Gasteiger partial charge in [-0.2, -0.15) is 0 Å². The van der Waals surface area contributed by atoms with Crippen LogP contribution in [0.4, 0.5) is 5.69 Å². The Morgan fingerprint density at radius 2 is 1.50 bits per heavy atom. The number of para-hydroxylation sites is 3. The fourth-order valence-corrected chi connectivity index (χ4v) is 6.96. The highest BCUT2D eigenvalue weighted by Gasteiger charge is 2.24. The van der Waals surface area contributed by atoms with Gasteiger partial charge >= 0.3 is 5.97 Å². The van der Waals surface area contributed by atoms with Crippen LogP contribution < -0.4 is 14.4 Å². The van der Waals surface area contributed by atoms with Crippen molar-refractivity contribution in [1.29, 1.82) is 0 Å². The van der Waals surface area contributed by atoms with E-state index in [1.165, 1.54) is 5.56 Å². The number of carboxylic acid groups (broad SMARTS) is 1. The van der Waals surface area contributed by atoms with Crippen molar-refractivity contribution in [2.75, 3.05) is 44.7 Å². The summed E-state index contributed by atoms with van der Waals surface area (Å²) in [5, 5.41) is 9.99. The van der Waals surface area contributed by atoms with Crippen molar-refractivity contribution in [3.8, 4) is 11.5 Å². The quantitative estimate of drug-likeness (QED) is 0.120. The first-order valence-corrected chi connectivity index (χ1v) is 17.5. The van der Waals surface area contributed by atoms with Gasteiger partial charge in [-0.1, -0.05) is 60.2 Å². The van der Waals surface area contributed by atoms with Crippen LogP contribution in [0, 0.1) is 20.8 Å². The van der Waals surface area contributed by atoms with Gasteiger partial charge in [0, 0.05) is 80.3 Å². The molecule has 1 atom stereocenters. The summed E-state index contributed by atoms with van der Waals surface area (Å²) in [6, 6.07) is 28.4. The molecule has 50 heavy (non-hydrogen) atoms.